The average molecular weight is 549 g/mol. The molecule has 0 spiro atoms. The zero-order valence-corrected chi connectivity index (χ0v) is 22.3. The second kappa shape index (κ2) is 11.0. The first-order valence-electron chi connectivity index (χ1n) is 12.3. The highest BCUT2D eigenvalue weighted by molar-refractivity contribution is 7.74. The van der Waals surface area contributed by atoms with E-state index in [0.717, 1.165) is 10.7 Å². The predicted molar refractivity (Wildman–Crippen MR) is 151 cm³/mol. The number of carbonyl (C=O) groups is 1. The van der Waals surface area contributed by atoms with E-state index in [-0.39, 0.29) is 11.6 Å². The number of nitrogens with one attached hydrogen (secondary N) is 1. The van der Waals surface area contributed by atoms with Gasteiger partial charge in [-0.2, -0.15) is 0 Å². The van der Waals surface area contributed by atoms with Gasteiger partial charge in [0.05, 0.1) is 30.9 Å². The van der Waals surface area contributed by atoms with Crippen molar-refractivity contribution in [3.05, 3.63) is 66.7 Å². The molecule has 2 heterocycles. The summed E-state index contributed by atoms with van der Waals surface area (Å²) in [5, 5.41) is 3.20. The molecule has 0 unspecified atom stereocenters. The van der Waals surface area contributed by atoms with E-state index >= 15 is 0 Å². The van der Waals surface area contributed by atoms with Crippen molar-refractivity contribution >= 4 is 56.5 Å². The molecule has 3 aromatic carbocycles. The number of thiol groups is 1. The molecule has 4 aromatic rings. The number of rotatable bonds is 9. The van der Waals surface area contributed by atoms with Crippen molar-refractivity contribution < 1.29 is 22.7 Å². The molecule has 202 valence electrons. The summed E-state index contributed by atoms with van der Waals surface area (Å²) in [6.07, 6.45) is 1.46. The lowest BCUT2D eigenvalue weighted by molar-refractivity contribution is -0.119. The average Bonchev–Trinajstić information content (AvgIpc) is 3.44. The number of methoxy groups -OCH3 is 2. The Labute approximate surface area is 227 Å². The van der Waals surface area contributed by atoms with E-state index < -0.39 is 22.8 Å². The maximum atomic E-state index is 12.8. The van der Waals surface area contributed by atoms with Crippen molar-refractivity contribution in [2.45, 2.75) is 18.9 Å². The Morgan fingerprint density at radius 2 is 1.69 bits per heavy atom. The molecule has 0 aliphatic carbocycles. The number of nitrogens with zero attached hydrogens (tertiary/aromatic N) is 4. The van der Waals surface area contributed by atoms with Crippen molar-refractivity contribution in [2.75, 3.05) is 35.3 Å². The molecule has 5 rings (SSSR count). The van der Waals surface area contributed by atoms with Crippen LogP contribution < -0.4 is 29.7 Å². The van der Waals surface area contributed by atoms with Crippen LogP contribution in [0.3, 0.4) is 0 Å². The van der Waals surface area contributed by atoms with Crippen molar-refractivity contribution in [2.24, 2.45) is 5.73 Å². The standard InChI is InChI=1S/C27H28N6O5S/c1-37-20-13-17(14-21(16-20)38-2)29-26-27(31-23-10-4-3-9-22(23)30-26)33(39(35)36)19-8-5-7-18(15-19)32-12-6-11-24(32)25(28)34/h3-5,7-10,13-16,24,39H,6,11-12H2,1-2H3,(H2,28,34)(H,29,30)/t24-/m0/s1. The lowest BCUT2D eigenvalue weighted by atomic mass is 10.2. The fourth-order valence-electron chi connectivity index (χ4n) is 4.71. The Hall–Kier alpha value is -4.58. The number of aromatic nitrogens is 2. The smallest absolute Gasteiger partial charge is 0.240 e. The normalized spacial score (nSPS) is 14.9. The minimum Gasteiger partial charge on any atom is -0.497 e. The van der Waals surface area contributed by atoms with Crippen LogP contribution in [-0.2, 0) is 15.7 Å². The molecule has 11 nitrogen and oxygen atoms in total. The summed E-state index contributed by atoms with van der Waals surface area (Å²) in [4.78, 5) is 23.3. The summed E-state index contributed by atoms with van der Waals surface area (Å²) in [7, 11) is -0.115. The molecule has 0 radical (unpaired) electrons. The van der Waals surface area contributed by atoms with Crippen LogP contribution in [0, 0.1) is 0 Å². The van der Waals surface area contributed by atoms with Crippen molar-refractivity contribution in [3.8, 4) is 11.5 Å². The second-order valence-corrected chi connectivity index (χ2v) is 9.81. The molecule has 39 heavy (non-hydrogen) atoms. The molecule has 1 amide bonds. The number of primary amides is 1. The molecule has 1 fully saturated rings. The minimum absolute atomic E-state index is 0.0802. The molecule has 12 heteroatoms. The zero-order valence-electron chi connectivity index (χ0n) is 21.4. The Morgan fingerprint density at radius 1 is 1.00 bits per heavy atom. The third kappa shape index (κ3) is 5.36. The van der Waals surface area contributed by atoms with Gasteiger partial charge in [0, 0.05) is 36.1 Å². The molecule has 3 N–H and O–H groups in total. The zero-order chi connectivity index (χ0) is 27.5. The van der Waals surface area contributed by atoms with E-state index in [1.165, 1.54) is 0 Å². The lowest BCUT2D eigenvalue weighted by Gasteiger charge is -2.26. The third-order valence-electron chi connectivity index (χ3n) is 6.52. The van der Waals surface area contributed by atoms with Crippen LogP contribution in [0.4, 0.5) is 28.7 Å². The van der Waals surface area contributed by atoms with Gasteiger partial charge in [0.1, 0.15) is 17.5 Å². The summed E-state index contributed by atoms with van der Waals surface area (Å²) >= 11 is 0. The molecule has 1 aliphatic rings. The van der Waals surface area contributed by atoms with Crippen LogP contribution in [0.25, 0.3) is 11.0 Å². The molecule has 1 aromatic heterocycles. The van der Waals surface area contributed by atoms with Gasteiger partial charge in [0.25, 0.3) is 0 Å². The largest absolute Gasteiger partial charge is 0.497 e. The first-order valence-corrected chi connectivity index (χ1v) is 13.4. The van der Waals surface area contributed by atoms with Gasteiger partial charge in [-0.3, -0.25) is 4.79 Å². The van der Waals surface area contributed by atoms with Crippen LogP contribution in [0.5, 0.6) is 11.5 Å². The quantitative estimate of drug-likeness (QED) is 0.268. The number of ether oxygens (including phenoxy) is 2. The SMILES string of the molecule is COc1cc(Nc2nc3ccccc3nc2N(c2cccc(N3CCC[C@H]3C(N)=O)c2)[SH](=O)=O)cc(OC)c1. The van der Waals surface area contributed by atoms with E-state index in [1.54, 1.807) is 68.8 Å². The van der Waals surface area contributed by atoms with Gasteiger partial charge in [-0.15, -0.1) is 0 Å². The number of amides is 1. The number of hydrogen-bond acceptors (Lipinski definition) is 9. The van der Waals surface area contributed by atoms with Gasteiger partial charge in [-0.1, -0.05) is 18.2 Å². The monoisotopic (exact) mass is 548 g/mol. The van der Waals surface area contributed by atoms with E-state index in [2.05, 4.69) is 5.32 Å². The van der Waals surface area contributed by atoms with Crippen LogP contribution in [-0.4, -0.2) is 51.1 Å². The van der Waals surface area contributed by atoms with Crippen molar-refractivity contribution in [1.82, 2.24) is 9.97 Å². The van der Waals surface area contributed by atoms with Crippen molar-refractivity contribution in [1.29, 1.82) is 0 Å². The Kier molecular flexibility index (Phi) is 7.37. The number of anilines is 5. The van der Waals surface area contributed by atoms with Crippen LogP contribution in [0.15, 0.2) is 66.7 Å². The fraction of sp³-hybridized carbons (Fsp3) is 0.222. The van der Waals surface area contributed by atoms with Gasteiger partial charge >= 0.3 is 0 Å². The number of carbonyl (C=O) groups excluding carboxylic acids is 1. The van der Waals surface area contributed by atoms with E-state index in [4.69, 9.17) is 25.2 Å². The maximum Gasteiger partial charge on any atom is 0.240 e. The Morgan fingerprint density at radius 3 is 2.33 bits per heavy atom. The Bertz CT molecular complexity index is 1580. The van der Waals surface area contributed by atoms with Gasteiger partial charge in [0.15, 0.2) is 11.6 Å². The number of hydrogen-bond donors (Lipinski definition) is 3. The second-order valence-electron chi connectivity index (χ2n) is 8.93. The molecule has 0 saturated carbocycles. The Balaban J connectivity index is 1.63. The number of benzene rings is 3. The first kappa shape index (κ1) is 26.0. The molecule has 0 bridgehead atoms. The molecule has 1 atom stereocenters. The number of nitrogens with two attached hydrogens (primary N) is 1. The summed E-state index contributed by atoms with van der Waals surface area (Å²) in [6.45, 7) is 0.640. The number of fused-ring (bicyclic) bond motifs is 1. The van der Waals surface area contributed by atoms with E-state index in [0.29, 0.717) is 52.6 Å². The maximum absolute atomic E-state index is 12.8. The first-order chi connectivity index (χ1) is 18.9. The van der Waals surface area contributed by atoms with Crippen LogP contribution >= 0.6 is 0 Å². The van der Waals surface area contributed by atoms with E-state index in [1.807, 2.05) is 17.0 Å². The van der Waals surface area contributed by atoms with Gasteiger partial charge < -0.3 is 25.4 Å². The highest BCUT2D eigenvalue weighted by Crippen LogP contribution is 2.37. The predicted octanol–water partition coefficient (Wildman–Crippen LogP) is 3.51. The van der Waals surface area contributed by atoms with Crippen LogP contribution in [0.2, 0.25) is 0 Å². The third-order valence-corrected chi connectivity index (χ3v) is 7.26. The van der Waals surface area contributed by atoms with Crippen LogP contribution in [0.1, 0.15) is 12.8 Å². The molecular weight excluding hydrogens is 520 g/mol. The molecule has 1 saturated heterocycles. The van der Waals surface area contributed by atoms with Gasteiger partial charge in [0.2, 0.25) is 16.8 Å². The highest BCUT2D eigenvalue weighted by Gasteiger charge is 2.30. The van der Waals surface area contributed by atoms with E-state index in [9.17, 15) is 13.2 Å². The molecular formula is C27H28N6O5S. The number of para-hydroxylation sites is 2. The summed E-state index contributed by atoms with van der Waals surface area (Å²) in [5.41, 5.74) is 8.31. The summed E-state index contributed by atoms with van der Waals surface area (Å²) in [6, 6.07) is 18.9. The molecule has 1 aliphatic heterocycles. The van der Waals surface area contributed by atoms with Gasteiger partial charge in [-0.25, -0.2) is 22.7 Å². The minimum atomic E-state index is -3.20. The topological polar surface area (TPSA) is 140 Å². The summed E-state index contributed by atoms with van der Waals surface area (Å²) in [5.74, 6) is 0.967. The summed E-state index contributed by atoms with van der Waals surface area (Å²) < 4.78 is 37.4. The highest BCUT2D eigenvalue weighted by atomic mass is 32.2. The fourth-order valence-corrected chi connectivity index (χ4v) is 5.31. The van der Waals surface area contributed by atoms with Crippen molar-refractivity contribution in [3.63, 3.8) is 0 Å². The van der Waals surface area contributed by atoms with Gasteiger partial charge in [-0.05, 0) is 43.2 Å². The lowest BCUT2D eigenvalue weighted by Crippen LogP contribution is -2.40.